The van der Waals surface area contributed by atoms with Crippen LogP contribution in [0.3, 0.4) is 0 Å². The first-order chi connectivity index (χ1) is 7.59. The molecule has 2 rings (SSSR count). The molecule has 1 unspecified atom stereocenters. The lowest BCUT2D eigenvalue weighted by molar-refractivity contribution is 0.0532. The molecule has 1 N–H and O–H groups in total. The van der Waals surface area contributed by atoms with Crippen molar-refractivity contribution in [3.8, 4) is 0 Å². The summed E-state index contributed by atoms with van der Waals surface area (Å²) in [5.41, 5.74) is 0.0994. The monoisotopic (exact) mass is 260 g/mol. The second-order valence-corrected chi connectivity index (χ2v) is 9.08. The normalized spacial score (nSPS) is 35.9. The highest BCUT2D eigenvalue weighted by Crippen LogP contribution is 2.26. The fraction of sp³-hybridized carbons (Fsp3) is 1.00. The third kappa shape index (κ3) is 3.20. The lowest BCUT2D eigenvalue weighted by Gasteiger charge is -2.50. The van der Waals surface area contributed by atoms with E-state index in [2.05, 4.69) is 37.9 Å². The van der Waals surface area contributed by atoms with Gasteiger partial charge in [-0.2, -0.15) is 0 Å². The fourth-order valence-corrected chi connectivity index (χ4v) is 5.15. The number of nitrogens with zero attached hydrogens (tertiary/aromatic N) is 1. The maximum atomic E-state index is 11.6. The van der Waals surface area contributed by atoms with Crippen LogP contribution >= 0.6 is 0 Å². The van der Waals surface area contributed by atoms with Gasteiger partial charge in [-0.05, 0) is 34.1 Å². The molecular formula is C12H24N2O2S. The molecule has 4 nitrogen and oxygen atoms in total. The number of nitrogens with one attached hydrogen (secondary N) is 1. The SMILES string of the molecule is CC1(C)CN(C2CCS(=O)(=O)C2)CC(C)(C)N1. The molecule has 0 aromatic rings. The van der Waals surface area contributed by atoms with Crippen LogP contribution < -0.4 is 5.32 Å². The van der Waals surface area contributed by atoms with Crippen LogP contribution in [0.2, 0.25) is 0 Å². The highest BCUT2D eigenvalue weighted by atomic mass is 32.2. The molecule has 0 radical (unpaired) electrons. The van der Waals surface area contributed by atoms with Gasteiger partial charge in [-0.25, -0.2) is 8.42 Å². The maximum Gasteiger partial charge on any atom is 0.151 e. The highest BCUT2D eigenvalue weighted by molar-refractivity contribution is 7.91. The summed E-state index contributed by atoms with van der Waals surface area (Å²) in [6.45, 7) is 10.6. The van der Waals surface area contributed by atoms with Crippen LogP contribution in [-0.2, 0) is 9.84 Å². The number of hydrogen-bond donors (Lipinski definition) is 1. The fourth-order valence-electron chi connectivity index (χ4n) is 3.39. The van der Waals surface area contributed by atoms with Crippen LogP contribution in [0.1, 0.15) is 34.1 Å². The van der Waals surface area contributed by atoms with E-state index in [9.17, 15) is 8.42 Å². The zero-order valence-electron chi connectivity index (χ0n) is 11.3. The van der Waals surface area contributed by atoms with E-state index in [0.717, 1.165) is 19.5 Å². The van der Waals surface area contributed by atoms with Crippen LogP contribution in [0.5, 0.6) is 0 Å². The summed E-state index contributed by atoms with van der Waals surface area (Å²) in [6.07, 6.45) is 0.800. The van der Waals surface area contributed by atoms with Crippen molar-refractivity contribution < 1.29 is 8.42 Å². The molecule has 0 aliphatic carbocycles. The first-order valence-corrected chi connectivity index (χ1v) is 8.15. The Morgan fingerprint density at radius 2 is 1.65 bits per heavy atom. The van der Waals surface area contributed by atoms with E-state index in [1.807, 2.05) is 0 Å². The Hall–Kier alpha value is -0.130. The van der Waals surface area contributed by atoms with E-state index in [1.54, 1.807) is 0 Å². The quantitative estimate of drug-likeness (QED) is 0.751. The summed E-state index contributed by atoms with van der Waals surface area (Å²) in [6, 6.07) is 0.223. The van der Waals surface area contributed by atoms with Crippen LogP contribution in [0, 0.1) is 0 Å². The molecule has 0 amide bonds. The van der Waals surface area contributed by atoms with Crippen molar-refractivity contribution in [1.82, 2.24) is 10.2 Å². The minimum absolute atomic E-state index is 0.0497. The third-order valence-electron chi connectivity index (χ3n) is 3.60. The van der Waals surface area contributed by atoms with Crippen molar-refractivity contribution in [3.05, 3.63) is 0 Å². The molecule has 2 saturated heterocycles. The zero-order chi connectivity index (χ0) is 12.9. The zero-order valence-corrected chi connectivity index (χ0v) is 12.1. The van der Waals surface area contributed by atoms with Gasteiger partial charge in [0.15, 0.2) is 9.84 Å². The number of rotatable bonds is 1. The smallest absolute Gasteiger partial charge is 0.151 e. The molecule has 2 fully saturated rings. The summed E-state index contributed by atoms with van der Waals surface area (Å²) < 4.78 is 23.1. The molecule has 0 spiro atoms. The van der Waals surface area contributed by atoms with Crippen molar-refractivity contribution in [2.45, 2.75) is 51.2 Å². The second kappa shape index (κ2) is 3.93. The summed E-state index contributed by atoms with van der Waals surface area (Å²) in [5, 5.41) is 3.62. The van der Waals surface area contributed by atoms with Gasteiger partial charge in [0.05, 0.1) is 11.5 Å². The number of piperazine rings is 1. The molecule has 100 valence electrons. The summed E-state index contributed by atoms with van der Waals surface area (Å²) in [4.78, 5) is 2.36. The predicted octanol–water partition coefficient (Wildman–Crippen LogP) is 0.636. The molecule has 2 heterocycles. The molecule has 2 aliphatic rings. The van der Waals surface area contributed by atoms with Crippen molar-refractivity contribution in [3.63, 3.8) is 0 Å². The predicted molar refractivity (Wildman–Crippen MR) is 69.9 cm³/mol. The van der Waals surface area contributed by atoms with Gasteiger partial charge >= 0.3 is 0 Å². The van der Waals surface area contributed by atoms with Crippen molar-refractivity contribution in [2.75, 3.05) is 24.6 Å². The second-order valence-electron chi connectivity index (χ2n) is 6.85. The Morgan fingerprint density at radius 3 is 2.06 bits per heavy atom. The number of hydrogen-bond acceptors (Lipinski definition) is 4. The Bertz CT molecular complexity index is 385. The van der Waals surface area contributed by atoms with Crippen molar-refractivity contribution >= 4 is 9.84 Å². The van der Waals surface area contributed by atoms with E-state index in [4.69, 9.17) is 0 Å². The van der Waals surface area contributed by atoms with E-state index >= 15 is 0 Å². The van der Waals surface area contributed by atoms with Gasteiger partial charge in [0, 0.05) is 30.2 Å². The molecule has 0 bridgehead atoms. The lowest BCUT2D eigenvalue weighted by Crippen LogP contribution is -2.68. The molecule has 5 heteroatoms. The van der Waals surface area contributed by atoms with Gasteiger partial charge in [0.25, 0.3) is 0 Å². The lowest BCUT2D eigenvalue weighted by atomic mass is 9.90. The minimum Gasteiger partial charge on any atom is -0.304 e. The Labute approximate surface area is 105 Å². The van der Waals surface area contributed by atoms with Crippen LogP contribution in [0.25, 0.3) is 0 Å². The van der Waals surface area contributed by atoms with Gasteiger partial charge in [0.1, 0.15) is 0 Å². The van der Waals surface area contributed by atoms with Gasteiger partial charge < -0.3 is 5.32 Å². The third-order valence-corrected chi connectivity index (χ3v) is 5.35. The minimum atomic E-state index is -2.78. The molecule has 1 atom stereocenters. The molecule has 0 aromatic heterocycles. The van der Waals surface area contributed by atoms with Gasteiger partial charge in [0.2, 0.25) is 0 Å². The molecular weight excluding hydrogens is 236 g/mol. The molecule has 2 aliphatic heterocycles. The Balaban J connectivity index is 2.12. The van der Waals surface area contributed by atoms with Gasteiger partial charge in [-0.1, -0.05) is 0 Å². The molecule has 0 saturated carbocycles. The van der Waals surface area contributed by atoms with Crippen molar-refractivity contribution in [1.29, 1.82) is 0 Å². The van der Waals surface area contributed by atoms with Crippen molar-refractivity contribution in [2.24, 2.45) is 0 Å². The van der Waals surface area contributed by atoms with E-state index in [0.29, 0.717) is 11.5 Å². The Morgan fingerprint density at radius 1 is 1.12 bits per heavy atom. The van der Waals surface area contributed by atoms with E-state index in [1.165, 1.54) is 0 Å². The largest absolute Gasteiger partial charge is 0.304 e. The molecule has 0 aromatic carbocycles. The first-order valence-electron chi connectivity index (χ1n) is 6.32. The summed E-state index contributed by atoms with van der Waals surface area (Å²) in [5.74, 6) is 0.710. The van der Waals surface area contributed by atoms with E-state index < -0.39 is 9.84 Å². The molecule has 17 heavy (non-hydrogen) atoms. The van der Waals surface area contributed by atoms with Crippen LogP contribution in [0.15, 0.2) is 0 Å². The summed E-state index contributed by atoms with van der Waals surface area (Å²) in [7, 11) is -2.78. The van der Waals surface area contributed by atoms with Gasteiger partial charge in [-0.15, -0.1) is 0 Å². The van der Waals surface area contributed by atoms with Gasteiger partial charge in [-0.3, -0.25) is 4.90 Å². The van der Waals surface area contributed by atoms with E-state index in [-0.39, 0.29) is 17.1 Å². The highest BCUT2D eigenvalue weighted by Gasteiger charge is 2.41. The maximum absolute atomic E-state index is 11.6. The average molecular weight is 260 g/mol. The van der Waals surface area contributed by atoms with Crippen LogP contribution in [0.4, 0.5) is 0 Å². The topological polar surface area (TPSA) is 49.4 Å². The standard InChI is InChI=1S/C12H24N2O2S/c1-11(2)8-14(9-12(3,4)13-11)10-5-6-17(15,16)7-10/h10,13H,5-9H2,1-4H3. The van der Waals surface area contributed by atoms with Crippen LogP contribution in [-0.4, -0.2) is 55.0 Å². The average Bonchev–Trinajstić information content (AvgIpc) is 2.40. The first kappa shape index (κ1) is 13.3. The Kier molecular flexibility index (Phi) is 3.08. The summed E-state index contributed by atoms with van der Waals surface area (Å²) >= 11 is 0. The number of sulfone groups is 1.